The summed E-state index contributed by atoms with van der Waals surface area (Å²) in [5.74, 6) is -1.73. The fraction of sp³-hybridized carbons (Fsp3) is 0.0769. The van der Waals surface area contributed by atoms with Crippen LogP contribution < -0.4 is 5.56 Å². The molecule has 0 unspecified atom stereocenters. The van der Waals surface area contributed by atoms with Gasteiger partial charge in [-0.25, -0.2) is 9.18 Å². The lowest BCUT2D eigenvalue weighted by molar-refractivity contribution is 0.0694. The Morgan fingerprint density at radius 3 is 2.42 bits per heavy atom. The van der Waals surface area contributed by atoms with Crippen molar-refractivity contribution in [1.29, 1.82) is 0 Å². The van der Waals surface area contributed by atoms with E-state index in [9.17, 15) is 14.0 Å². The molecule has 0 aliphatic heterocycles. The maximum atomic E-state index is 12.9. The van der Waals surface area contributed by atoms with Gasteiger partial charge in [-0.15, -0.1) is 0 Å². The quantitative estimate of drug-likeness (QED) is 0.923. The lowest BCUT2D eigenvalue weighted by atomic mass is 10.2. The molecule has 98 valence electrons. The van der Waals surface area contributed by atoms with Crippen LogP contribution in [0.15, 0.2) is 39.6 Å². The van der Waals surface area contributed by atoms with Crippen molar-refractivity contribution in [3.8, 4) is 5.69 Å². The maximum Gasteiger partial charge on any atom is 0.341 e. The van der Waals surface area contributed by atoms with Crippen LogP contribution in [-0.2, 0) is 0 Å². The summed E-state index contributed by atoms with van der Waals surface area (Å²) in [6.45, 7) is 1.67. The van der Waals surface area contributed by atoms with Crippen molar-refractivity contribution in [1.82, 2.24) is 4.57 Å². The maximum absolute atomic E-state index is 12.9. The minimum absolute atomic E-state index is 0.346. The van der Waals surface area contributed by atoms with E-state index in [4.69, 9.17) is 5.11 Å². The van der Waals surface area contributed by atoms with E-state index in [1.165, 1.54) is 34.9 Å². The zero-order valence-corrected chi connectivity index (χ0v) is 11.4. The Morgan fingerprint density at radius 1 is 1.32 bits per heavy atom. The fourth-order valence-corrected chi connectivity index (χ4v) is 2.13. The highest BCUT2D eigenvalue weighted by molar-refractivity contribution is 9.10. The Labute approximate surface area is 116 Å². The van der Waals surface area contributed by atoms with E-state index in [-0.39, 0.29) is 5.56 Å². The second kappa shape index (κ2) is 4.97. The molecule has 1 N–H and O–H groups in total. The second-order valence-corrected chi connectivity index (χ2v) is 4.77. The minimum Gasteiger partial charge on any atom is -0.477 e. The third-order valence-corrected chi connectivity index (χ3v) is 3.50. The number of halogens is 2. The molecule has 0 aliphatic carbocycles. The van der Waals surface area contributed by atoms with Crippen LogP contribution in [-0.4, -0.2) is 15.6 Å². The predicted molar refractivity (Wildman–Crippen MR) is 71.4 cm³/mol. The number of rotatable bonds is 2. The first-order chi connectivity index (χ1) is 8.91. The Bertz CT molecular complexity index is 707. The first kappa shape index (κ1) is 13.5. The molecule has 0 spiro atoms. The van der Waals surface area contributed by atoms with E-state index >= 15 is 0 Å². The highest BCUT2D eigenvalue weighted by Crippen LogP contribution is 2.19. The summed E-state index contributed by atoms with van der Waals surface area (Å²) in [6.07, 6.45) is 0. The highest BCUT2D eigenvalue weighted by atomic mass is 79.9. The van der Waals surface area contributed by atoms with Crippen molar-refractivity contribution in [3.63, 3.8) is 0 Å². The van der Waals surface area contributed by atoms with Gasteiger partial charge in [-0.2, -0.15) is 0 Å². The van der Waals surface area contributed by atoms with Crippen LogP contribution in [0.3, 0.4) is 0 Å². The van der Waals surface area contributed by atoms with E-state index in [1.807, 2.05) is 0 Å². The van der Waals surface area contributed by atoms with Crippen LogP contribution in [0.2, 0.25) is 0 Å². The van der Waals surface area contributed by atoms with Crippen molar-refractivity contribution in [2.75, 3.05) is 0 Å². The van der Waals surface area contributed by atoms with Gasteiger partial charge in [0.25, 0.3) is 5.56 Å². The van der Waals surface area contributed by atoms with Gasteiger partial charge < -0.3 is 5.11 Å². The highest BCUT2D eigenvalue weighted by Gasteiger charge is 2.16. The van der Waals surface area contributed by atoms with Crippen LogP contribution in [0.1, 0.15) is 16.1 Å². The summed E-state index contributed by atoms with van der Waals surface area (Å²) >= 11 is 3.21. The molecule has 2 aromatic rings. The van der Waals surface area contributed by atoms with Gasteiger partial charge in [-0.05, 0) is 53.2 Å². The van der Waals surface area contributed by atoms with Crippen LogP contribution in [0.25, 0.3) is 5.69 Å². The van der Waals surface area contributed by atoms with E-state index in [0.29, 0.717) is 15.9 Å². The van der Waals surface area contributed by atoms with Crippen LogP contribution in [0.4, 0.5) is 4.39 Å². The lowest BCUT2D eigenvalue weighted by Crippen LogP contribution is -2.27. The van der Waals surface area contributed by atoms with E-state index < -0.39 is 17.3 Å². The molecule has 0 atom stereocenters. The fourth-order valence-electron chi connectivity index (χ4n) is 1.73. The molecule has 0 amide bonds. The van der Waals surface area contributed by atoms with E-state index in [1.54, 1.807) is 6.92 Å². The molecule has 1 aromatic heterocycles. The Morgan fingerprint density at radius 2 is 1.89 bits per heavy atom. The summed E-state index contributed by atoms with van der Waals surface area (Å²) < 4.78 is 14.6. The van der Waals surface area contributed by atoms with Gasteiger partial charge in [-0.3, -0.25) is 9.36 Å². The molecule has 0 fully saturated rings. The first-order valence-corrected chi connectivity index (χ1v) is 6.12. The van der Waals surface area contributed by atoms with Gasteiger partial charge in [0.15, 0.2) is 0 Å². The van der Waals surface area contributed by atoms with Gasteiger partial charge in [0, 0.05) is 15.9 Å². The lowest BCUT2D eigenvalue weighted by Gasteiger charge is -2.12. The molecule has 6 heteroatoms. The summed E-state index contributed by atoms with van der Waals surface area (Å²) in [6, 6.07) is 6.52. The van der Waals surface area contributed by atoms with Gasteiger partial charge >= 0.3 is 5.97 Å². The van der Waals surface area contributed by atoms with Gasteiger partial charge in [-0.1, -0.05) is 0 Å². The standard InChI is InChI=1S/C13H9BrFNO3/c1-7-11(14)6-10(13(18)19)12(17)16(7)9-4-2-8(15)3-5-9/h2-6H,1H3,(H,18,19). The molecule has 1 heterocycles. The second-order valence-electron chi connectivity index (χ2n) is 3.91. The average molecular weight is 326 g/mol. The topological polar surface area (TPSA) is 59.3 Å². The third-order valence-electron chi connectivity index (χ3n) is 2.70. The minimum atomic E-state index is -1.30. The molecule has 0 saturated carbocycles. The van der Waals surface area contributed by atoms with Crippen LogP contribution in [0, 0.1) is 12.7 Å². The molecule has 19 heavy (non-hydrogen) atoms. The zero-order valence-electron chi connectivity index (χ0n) is 9.85. The number of aromatic nitrogens is 1. The molecule has 4 nitrogen and oxygen atoms in total. The number of hydrogen-bond donors (Lipinski definition) is 1. The first-order valence-electron chi connectivity index (χ1n) is 5.33. The van der Waals surface area contributed by atoms with Crippen LogP contribution >= 0.6 is 15.9 Å². The van der Waals surface area contributed by atoms with Gasteiger partial charge in [0.05, 0.1) is 0 Å². The largest absolute Gasteiger partial charge is 0.477 e. The molecule has 1 aromatic carbocycles. The van der Waals surface area contributed by atoms with Crippen molar-refractivity contribution in [2.24, 2.45) is 0 Å². The molecule has 0 bridgehead atoms. The SMILES string of the molecule is Cc1c(Br)cc(C(=O)O)c(=O)n1-c1ccc(F)cc1. The zero-order chi connectivity index (χ0) is 14.2. The molecule has 2 rings (SSSR count). The Hall–Kier alpha value is -1.95. The predicted octanol–water partition coefficient (Wildman–Crippen LogP) is 2.75. The van der Waals surface area contributed by atoms with Gasteiger partial charge in [0.1, 0.15) is 11.4 Å². The number of hydrogen-bond acceptors (Lipinski definition) is 2. The van der Waals surface area contributed by atoms with Crippen molar-refractivity contribution < 1.29 is 14.3 Å². The smallest absolute Gasteiger partial charge is 0.341 e. The summed E-state index contributed by atoms with van der Waals surface area (Å²) in [7, 11) is 0. The molecular formula is C13H9BrFNO3. The molecule has 0 aliphatic rings. The van der Waals surface area contributed by atoms with Gasteiger partial charge in [0.2, 0.25) is 0 Å². The number of nitrogens with zero attached hydrogens (tertiary/aromatic N) is 1. The number of carboxylic acid groups (broad SMARTS) is 1. The van der Waals surface area contributed by atoms with Crippen LogP contribution in [0.5, 0.6) is 0 Å². The van der Waals surface area contributed by atoms with Crippen molar-refractivity contribution in [2.45, 2.75) is 6.92 Å². The monoisotopic (exact) mass is 325 g/mol. The summed E-state index contributed by atoms with van der Waals surface area (Å²) in [5.41, 5.74) is -0.0454. The number of carbonyl (C=O) groups is 1. The normalized spacial score (nSPS) is 10.5. The average Bonchev–Trinajstić information content (AvgIpc) is 2.36. The molecular weight excluding hydrogens is 317 g/mol. The third kappa shape index (κ3) is 2.44. The van der Waals surface area contributed by atoms with E-state index in [2.05, 4.69) is 15.9 Å². The summed E-state index contributed by atoms with van der Waals surface area (Å²) in [5, 5.41) is 9.00. The number of aromatic carboxylic acids is 1. The molecule has 0 radical (unpaired) electrons. The Balaban J connectivity index is 2.79. The number of pyridine rings is 1. The van der Waals surface area contributed by atoms with Crippen molar-refractivity contribution in [3.05, 3.63) is 62.2 Å². The summed E-state index contributed by atoms with van der Waals surface area (Å²) in [4.78, 5) is 23.2. The van der Waals surface area contributed by atoms with Crippen molar-refractivity contribution >= 4 is 21.9 Å². The molecule has 0 saturated heterocycles. The number of carboxylic acids is 1. The number of benzene rings is 1. The van der Waals surface area contributed by atoms with E-state index in [0.717, 1.165) is 0 Å². The Kier molecular flexibility index (Phi) is 3.53.